The predicted octanol–water partition coefficient (Wildman–Crippen LogP) is 3.49. The van der Waals surface area contributed by atoms with E-state index >= 15 is 0 Å². The zero-order chi connectivity index (χ0) is 10.9. The zero-order valence-electron chi connectivity index (χ0n) is 10.1. The summed E-state index contributed by atoms with van der Waals surface area (Å²) in [6.07, 6.45) is 17.2. The Morgan fingerprint density at radius 3 is 2.33 bits per heavy atom. The number of nitrogens with one attached hydrogen (secondary N) is 1. The zero-order valence-corrected chi connectivity index (χ0v) is 10.1. The Labute approximate surface area is 95.0 Å². The van der Waals surface area contributed by atoms with Crippen molar-refractivity contribution in [3.05, 3.63) is 0 Å². The topological polar surface area (TPSA) is 12.0 Å². The van der Waals surface area contributed by atoms with Crippen LogP contribution in [0.15, 0.2) is 0 Å². The Bertz CT molecular complexity index is 184. The molecule has 0 bridgehead atoms. The minimum absolute atomic E-state index is 0.541. The van der Waals surface area contributed by atoms with Gasteiger partial charge >= 0.3 is 0 Å². The highest BCUT2D eigenvalue weighted by Crippen LogP contribution is 2.18. The Balaban J connectivity index is 2.29. The second-order valence-corrected chi connectivity index (χ2v) is 4.72. The van der Waals surface area contributed by atoms with E-state index in [-0.39, 0.29) is 0 Å². The van der Waals surface area contributed by atoms with Crippen LogP contribution in [0.4, 0.5) is 0 Å². The van der Waals surface area contributed by atoms with Crippen LogP contribution >= 0.6 is 0 Å². The summed E-state index contributed by atoms with van der Waals surface area (Å²) in [6, 6.07) is 1.27. The average Bonchev–Trinajstić information content (AvgIpc) is 2.20. The minimum Gasteiger partial charge on any atom is -0.310 e. The van der Waals surface area contributed by atoms with Crippen LogP contribution in [0.2, 0.25) is 0 Å². The van der Waals surface area contributed by atoms with Crippen molar-refractivity contribution in [2.24, 2.45) is 0 Å². The van der Waals surface area contributed by atoms with Crippen molar-refractivity contribution in [2.75, 3.05) is 0 Å². The van der Waals surface area contributed by atoms with E-state index in [1.807, 2.05) is 0 Å². The summed E-state index contributed by atoms with van der Waals surface area (Å²) in [4.78, 5) is 0. The number of hydrogen-bond donors (Lipinski definition) is 1. The highest BCUT2D eigenvalue weighted by molar-refractivity contribution is 4.90. The van der Waals surface area contributed by atoms with Crippen molar-refractivity contribution >= 4 is 0 Å². The monoisotopic (exact) mass is 207 g/mol. The van der Waals surface area contributed by atoms with Gasteiger partial charge in [-0.1, -0.05) is 39.0 Å². The third-order valence-electron chi connectivity index (χ3n) is 3.43. The Morgan fingerprint density at radius 1 is 1.20 bits per heavy atom. The van der Waals surface area contributed by atoms with Crippen LogP contribution in [0.1, 0.15) is 64.7 Å². The lowest BCUT2D eigenvalue weighted by atomic mass is 9.95. The molecule has 1 aliphatic carbocycles. The average molecular weight is 207 g/mol. The molecule has 0 amide bonds. The molecule has 1 nitrogen and oxygen atoms in total. The summed E-state index contributed by atoms with van der Waals surface area (Å²) in [5.41, 5.74) is 0. The van der Waals surface area contributed by atoms with Gasteiger partial charge in [-0.05, 0) is 19.3 Å². The van der Waals surface area contributed by atoms with Crippen LogP contribution in [0.5, 0.6) is 0 Å². The molecule has 0 radical (unpaired) electrons. The fourth-order valence-electron chi connectivity index (χ4n) is 2.42. The van der Waals surface area contributed by atoms with Gasteiger partial charge in [0.15, 0.2) is 0 Å². The van der Waals surface area contributed by atoms with Crippen molar-refractivity contribution in [3.63, 3.8) is 0 Å². The summed E-state index contributed by atoms with van der Waals surface area (Å²) in [6.45, 7) is 2.22. The minimum atomic E-state index is 0.541. The summed E-state index contributed by atoms with van der Waals surface area (Å²) in [7, 11) is 0. The molecule has 1 rings (SSSR count). The third-order valence-corrected chi connectivity index (χ3v) is 3.43. The normalized spacial score (nSPS) is 21.3. The molecule has 86 valence electrons. The lowest BCUT2D eigenvalue weighted by Gasteiger charge is -2.25. The van der Waals surface area contributed by atoms with E-state index in [9.17, 15) is 0 Å². The lowest BCUT2D eigenvalue weighted by Crippen LogP contribution is -2.38. The molecule has 0 spiro atoms. The van der Waals surface area contributed by atoms with Gasteiger partial charge in [0, 0.05) is 18.5 Å². The molecule has 0 aliphatic heterocycles. The Morgan fingerprint density at radius 2 is 1.80 bits per heavy atom. The summed E-state index contributed by atoms with van der Waals surface area (Å²) in [5, 5.41) is 3.73. The molecule has 1 saturated carbocycles. The van der Waals surface area contributed by atoms with Crippen LogP contribution in [0, 0.1) is 12.3 Å². The highest BCUT2D eigenvalue weighted by atomic mass is 14.9. The second-order valence-electron chi connectivity index (χ2n) is 4.72. The Kier molecular flexibility index (Phi) is 6.52. The van der Waals surface area contributed by atoms with Crippen LogP contribution in [-0.2, 0) is 0 Å². The predicted molar refractivity (Wildman–Crippen MR) is 66.8 cm³/mol. The summed E-state index contributed by atoms with van der Waals surface area (Å²) < 4.78 is 0. The maximum Gasteiger partial charge on any atom is 0.0240 e. The van der Waals surface area contributed by atoms with Gasteiger partial charge < -0.3 is 5.32 Å². The van der Waals surface area contributed by atoms with Crippen molar-refractivity contribution in [2.45, 2.75) is 76.8 Å². The highest BCUT2D eigenvalue weighted by Gasteiger charge is 2.14. The van der Waals surface area contributed by atoms with Gasteiger partial charge in [-0.25, -0.2) is 0 Å². The van der Waals surface area contributed by atoms with E-state index < -0.39 is 0 Å². The van der Waals surface area contributed by atoms with Crippen LogP contribution < -0.4 is 5.32 Å². The van der Waals surface area contributed by atoms with Gasteiger partial charge in [-0.3, -0.25) is 0 Å². The molecule has 0 heterocycles. The molecule has 15 heavy (non-hydrogen) atoms. The molecule has 1 aliphatic rings. The molecular weight excluding hydrogens is 182 g/mol. The molecular formula is C14H25N. The molecule has 1 atom stereocenters. The van der Waals surface area contributed by atoms with Gasteiger partial charge in [0.05, 0.1) is 0 Å². The van der Waals surface area contributed by atoms with Crippen LogP contribution in [0.3, 0.4) is 0 Å². The molecule has 1 unspecified atom stereocenters. The molecule has 1 heteroatoms. The third kappa shape index (κ3) is 5.23. The first-order valence-electron chi connectivity index (χ1n) is 6.56. The number of rotatable bonds is 4. The second kappa shape index (κ2) is 7.77. The van der Waals surface area contributed by atoms with Gasteiger partial charge in [-0.15, -0.1) is 12.3 Å². The molecule has 0 aromatic heterocycles. The fraction of sp³-hybridized carbons (Fsp3) is 0.857. The molecule has 0 saturated heterocycles. The van der Waals surface area contributed by atoms with Crippen LogP contribution in [0.25, 0.3) is 0 Å². The first-order valence-corrected chi connectivity index (χ1v) is 6.56. The molecule has 1 fully saturated rings. The van der Waals surface area contributed by atoms with E-state index in [4.69, 9.17) is 6.42 Å². The largest absolute Gasteiger partial charge is 0.310 e. The smallest absolute Gasteiger partial charge is 0.0240 e. The van der Waals surface area contributed by atoms with E-state index in [1.165, 1.54) is 44.9 Å². The number of hydrogen-bond acceptors (Lipinski definition) is 1. The van der Waals surface area contributed by atoms with E-state index in [0.717, 1.165) is 18.9 Å². The summed E-state index contributed by atoms with van der Waals surface area (Å²) in [5.74, 6) is 2.77. The standard InChI is InChI=1S/C14H25N/c1-3-10-13(4-2)15-14-11-8-6-5-7-9-12-14/h1,13-15H,4-12H2,2H3. The van der Waals surface area contributed by atoms with E-state index in [1.54, 1.807) is 0 Å². The first-order chi connectivity index (χ1) is 7.36. The number of terminal acetylenes is 1. The Hall–Kier alpha value is -0.480. The van der Waals surface area contributed by atoms with Gasteiger partial charge in [0.25, 0.3) is 0 Å². The van der Waals surface area contributed by atoms with Gasteiger partial charge in [-0.2, -0.15) is 0 Å². The maximum atomic E-state index is 5.38. The molecule has 0 aromatic carbocycles. The van der Waals surface area contributed by atoms with E-state index in [0.29, 0.717) is 6.04 Å². The van der Waals surface area contributed by atoms with Crippen molar-refractivity contribution in [3.8, 4) is 12.3 Å². The van der Waals surface area contributed by atoms with Gasteiger partial charge in [0.2, 0.25) is 0 Å². The molecule has 1 N–H and O–H groups in total. The van der Waals surface area contributed by atoms with E-state index in [2.05, 4.69) is 18.2 Å². The SMILES string of the molecule is C#CCC(CC)NC1CCCCCCC1. The summed E-state index contributed by atoms with van der Waals surface area (Å²) >= 11 is 0. The van der Waals surface area contributed by atoms with Crippen molar-refractivity contribution in [1.29, 1.82) is 0 Å². The molecule has 0 aromatic rings. The fourth-order valence-corrected chi connectivity index (χ4v) is 2.42. The first kappa shape index (κ1) is 12.6. The quantitative estimate of drug-likeness (QED) is 0.696. The lowest BCUT2D eigenvalue weighted by molar-refractivity contribution is 0.347. The van der Waals surface area contributed by atoms with Crippen LogP contribution in [-0.4, -0.2) is 12.1 Å². The van der Waals surface area contributed by atoms with Crippen molar-refractivity contribution in [1.82, 2.24) is 5.32 Å². The van der Waals surface area contributed by atoms with Gasteiger partial charge in [0.1, 0.15) is 0 Å². The maximum absolute atomic E-state index is 5.38. The van der Waals surface area contributed by atoms with Crippen molar-refractivity contribution < 1.29 is 0 Å².